The zero-order chi connectivity index (χ0) is 26.2. The van der Waals surface area contributed by atoms with E-state index in [1.54, 1.807) is 18.2 Å². The summed E-state index contributed by atoms with van der Waals surface area (Å²) in [6, 6.07) is 12.9. The quantitative estimate of drug-likeness (QED) is 0.222. The molecule has 0 spiro atoms. The average molecular weight is 588 g/mol. The molecule has 1 atom stereocenters. The topological polar surface area (TPSA) is 114 Å². The number of sulfonamides is 1. The maximum absolute atomic E-state index is 12.6. The molecule has 2 aromatic carbocycles. The first-order valence-electron chi connectivity index (χ1n) is 11.6. The molecule has 0 bridgehead atoms. The Morgan fingerprint density at radius 3 is 2.34 bits per heavy atom. The second kappa shape index (κ2) is 12.7. The van der Waals surface area contributed by atoms with E-state index in [1.165, 1.54) is 6.07 Å². The lowest BCUT2D eigenvalue weighted by Gasteiger charge is -2.34. The molecule has 0 fully saturated rings. The van der Waals surface area contributed by atoms with Gasteiger partial charge in [0.2, 0.25) is 10.0 Å². The minimum atomic E-state index is -3.59. The maximum atomic E-state index is 12.6. The molecule has 0 saturated heterocycles. The Labute approximate surface area is 217 Å². The van der Waals surface area contributed by atoms with Gasteiger partial charge >= 0.3 is 0 Å². The number of nitrogens with one attached hydrogen (secondary N) is 2. The lowest BCUT2D eigenvalue weighted by atomic mass is 10.1. The van der Waals surface area contributed by atoms with Crippen molar-refractivity contribution in [3.63, 3.8) is 0 Å². The number of halogens is 1. The summed E-state index contributed by atoms with van der Waals surface area (Å²) in [5, 5.41) is 13.0. The van der Waals surface area contributed by atoms with Crippen molar-refractivity contribution in [3.8, 4) is 11.5 Å². The summed E-state index contributed by atoms with van der Waals surface area (Å²) in [4.78, 5) is 12.6. The van der Waals surface area contributed by atoms with Gasteiger partial charge in [-0.05, 0) is 66.5 Å². The first-order chi connectivity index (χ1) is 16.4. The summed E-state index contributed by atoms with van der Waals surface area (Å²) in [6.45, 7) is 8.26. The number of phenolic OH excluding ortho intramolecular Hbond substituents is 1. The Balaban J connectivity index is 2.21. The number of carbonyl (C=O) groups is 1. The number of aryl methyl sites for hydroxylation is 1. The van der Waals surface area contributed by atoms with Crippen LogP contribution in [-0.2, 0) is 19.2 Å². The molecule has 194 valence electrons. The fraction of sp³-hybridized carbons (Fsp3) is 0.458. The van der Waals surface area contributed by atoms with Gasteiger partial charge in [-0.1, -0.05) is 42.8 Å². The van der Waals surface area contributed by atoms with Crippen LogP contribution in [0, 0.1) is 6.92 Å². The SMILES string of the molecule is CC[Si](CC)(CC)O[C@H](CNC(=O)COc1ccc(Br)cc1C)c1ccc(O)c(NS(C)(=O)=O)c1. The number of hydrogen-bond acceptors (Lipinski definition) is 6. The summed E-state index contributed by atoms with van der Waals surface area (Å²) in [6.07, 6.45) is 0.504. The van der Waals surface area contributed by atoms with E-state index < -0.39 is 24.4 Å². The Bertz CT molecular complexity index is 1120. The molecular formula is C24H35BrN2O6SSi. The van der Waals surface area contributed by atoms with Crippen molar-refractivity contribution in [2.45, 2.75) is 51.9 Å². The smallest absolute Gasteiger partial charge is 0.258 e. The van der Waals surface area contributed by atoms with E-state index in [0.717, 1.165) is 34.4 Å². The van der Waals surface area contributed by atoms with E-state index in [0.29, 0.717) is 11.3 Å². The Morgan fingerprint density at radius 1 is 1.11 bits per heavy atom. The monoisotopic (exact) mass is 586 g/mol. The molecule has 0 radical (unpaired) electrons. The second-order valence-electron chi connectivity index (χ2n) is 8.50. The molecule has 0 saturated carbocycles. The molecule has 35 heavy (non-hydrogen) atoms. The predicted octanol–water partition coefficient (Wildman–Crippen LogP) is 5.09. The van der Waals surface area contributed by atoms with Gasteiger partial charge in [0.15, 0.2) is 14.9 Å². The lowest BCUT2D eigenvalue weighted by molar-refractivity contribution is -0.123. The largest absolute Gasteiger partial charge is 0.506 e. The molecule has 2 rings (SSSR count). The molecule has 0 unspecified atom stereocenters. The number of hydrogen-bond donors (Lipinski definition) is 3. The van der Waals surface area contributed by atoms with Crippen LogP contribution < -0.4 is 14.8 Å². The molecule has 1 amide bonds. The van der Waals surface area contributed by atoms with Gasteiger partial charge < -0.3 is 19.6 Å². The first kappa shape index (κ1) is 29.1. The van der Waals surface area contributed by atoms with E-state index in [4.69, 9.17) is 9.16 Å². The van der Waals surface area contributed by atoms with E-state index in [2.05, 4.69) is 46.7 Å². The van der Waals surface area contributed by atoms with Crippen LogP contribution in [-0.4, -0.2) is 47.2 Å². The lowest BCUT2D eigenvalue weighted by Crippen LogP contribution is -2.41. The molecule has 0 aliphatic carbocycles. The van der Waals surface area contributed by atoms with Crippen molar-refractivity contribution < 1.29 is 27.5 Å². The normalized spacial score (nSPS) is 12.7. The van der Waals surface area contributed by atoms with Crippen LogP contribution in [0.25, 0.3) is 0 Å². The first-order valence-corrected chi connectivity index (χ1v) is 16.8. The molecular weight excluding hydrogens is 552 g/mol. The van der Waals surface area contributed by atoms with Crippen molar-refractivity contribution in [2.24, 2.45) is 0 Å². The fourth-order valence-electron chi connectivity index (χ4n) is 3.74. The van der Waals surface area contributed by atoms with Gasteiger partial charge in [-0.3, -0.25) is 9.52 Å². The number of anilines is 1. The summed E-state index contributed by atoms with van der Waals surface area (Å²) in [5.41, 5.74) is 1.63. The van der Waals surface area contributed by atoms with E-state index in [1.807, 2.05) is 19.1 Å². The zero-order valence-corrected chi connectivity index (χ0v) is 24.3. The Morgan fingerprint density at radius 2 is 1.77 bits per heavy atom. The van der Waals surface area contributed by atoms with Crippen molar-refractivity contribution in [2.75, 3.05) is 24.1 Å². The third-order valence-electron chi connectivity index (χ3n) is 5.99. The highest BCUT2D eigenvalue weighted by Gasteiger charge is 2.33. The van der Waals surface area contributed by atoms with E-state index >= 15 is 0 Å². The molecule has 11 heteroatoms. The fourth-order valence-corrected chi connectivity index (χ4v) is 7.60. The van der Waals surface area contributed by atoms with Crippen LogP contribution in [0.15, 0.2) is 40.9 Å². The summed E-state index contributed by atoms with van der Waals surface area (Å²) < 4.78 is 39.0. The number of ether oxygens (including phenoxy) is 1. The van der Waals surface area contributed by atoms with Gasteiger partial charge in [0.05, 0.1) is 18.0 Å². The average Bonchev–Trinajstić information content (AvgIpc) is 2.80. The Kier molecular flexibility index (Phi) is 10.6. The van der Waals surface area contributed by atoms with Crippen LogP contribution in [0.2, 0.25) is 18.1 Å². The van der Waals surface area contributed by atoms with Gasteiger partial charge in [0.25, 0.3) is 5.91 Å². The van der Waals surface area contributed by atoms with Crippen LogP contribution >= 0.6 is 15.9 Å². The molecule has 0 aliphatic rings. The molecule has 0 heterocycles. The van der Waals surface area contributed by atoms with Crippen molar-refractivity contribution in [1.29, 1.82) is 0 Å². The minimum absolute atomic E-state index is 0.0655. The van der Waals surface area contributed by atoms with Gasteiger partial charge in [0, 0.05) is 11.0 Å². The van der Waals surface area contributed by atoms with Crippen molar-refractivity contribution >= 4 is 45.9 Å². The number of phenols is 1. The third kappa shape index (κ3) is 8.82. The number of aromatic hydroxyl groups is 1. The standard InChI is InChI=1S/C24H35BrN2O6SSi/c1-6-35(7-2,8-3)33-23(18-9-11-21(28)20(14-18)27-34(5,30)31)15-26-24(29)16-32-22-12-10-19(25)13-17(22)4/h9-14,23,27-28H,6-8,15-16H2,1-5H3,(H,26,29)/t23-/m1/s1. The highest BCUT2D eigenvalue weighted by molar-refractivity contribution is 9.10. The number of benzene rings is 2. The number of rotatable bonds is 13. The molecule has 2 aromatic rings. The molecule has 0 aliphatic heterocycles. The van der Waals surface area contributed by atoms with Crippen LogP contribution in [0.1, 0.15) is 38.0 Å². The minimum Gasteiger partial charge on any atom is -0.506 e. The predicted molar refractivity (Wildman–Crippen MR) is 145 cm³/mol. The zero-order valence-electron chi connectivity index (χ0n) is 20.9. The summed E-state index contributed by atoms with van der Waals surface area (Å²) >= 11 is 3.41. The highest BCUT2D eigenvalue weighted by atomic mass is 79.9. The Hall–Kier alpha value is -2.08. The van der Waals surface area contributed by atoms with E-state index in [9.17, 15) is 18.3 Å². The second-order valence-corrected chi connectivity index (χ2v) is 15.9. The van der Waals surface area contributed by atoms with Crippen LogP contribution in [0.4, 0.5) is 5.69 Å². The number of carbonyl (C=O) groups excluding carboxylic acids is 1. The summed E-state index contributed by atoms with van der Waals surface area (Å²) in [5.74, 6) is 0.136. The highest BCUT2D eigenvalue weighted by Crippen LogP contribution is 2.33. The third-order valence-corrected chi connectivity index (χ3v) is 11.7. The van der Waals surface area contributed by atoms with Gasteiger partial charge in [-0.2, -0.15) is 0 Å². The summed E-state index contributed by atoms with van der Waals surface area (Å²) in [7, 11) is -5.67. The van der Waals surface area contributed by atoms with Gasteiger partial charge in [0.1, 0.15) is 11.5 Å². The van der Waals surface area contributed by atoms with Crippen LogP contribution in [0.5, 0.6) is 11.5 Å². The van der Waals surface area contributed by atoms with E-state index in [-0.39, 0.29) is 30.5 Å². The molecule has 0 aromatic heterocycles. The van der Waals surface area contributed by atoms with Gasteiger partial charge in [-0.15, -0.1) is 0 Å². The maximum Gasteiger partial charge on any atom is 0.258 e. The van der Waals surface area contributed by atoms with Crippen LogP contribution in [0.3, 0.4) is 0 Å². The van der Waals surface area contributed by atoms with Crippen molar-refractivity contribution in [1.82, 2.24) is 5.32 Å². The van der Waals surface area contributed by atoms with Crippen molar-refractivity contribution in [3.05, 3.63) is 52.0 Å². The van der Waals surface area contributed by atoms with Gasteiger partial charge in [-0.25, -0.2) is 8.42 Å². The molecule has 8 nitrogen and oxygen atoms in total. The number of amides is 1. The molecule has 3 N–H and O–H groups in total.